The van der Waals surface area contributed by atoms with E-state index in [0.717, 1.165) is 82.6 Å². The molecule has 3 aliphatic rings. The number of piperidine rings is 1. The average molecular weight is 386 g/mol. The summed E-state index contributed by atoms with van der Waals surface area (Å²) in [7, 11) is 0. The van der Waals surface area contributed by atoms with Gasteiger partial charge < -0.3 is 15.0 Å². The van der Waals surface area contributed by atoms with Crippen molar-refractivity contribution in [2.24, 2.45) is 0 Å². The number of likely N-dealkylation sites (tertiary alicyclic amines) is 1. The number of hydrogen-bond acceptors (Lipinski definition) is 4. The lowest BCUT2D eigenvalue weighted by molar-refractivity contribution is -0.157. The van der Waals surface area contributed by atoms with E-state index in [4.69, 9.17) is 4.74 Å². The number of amides is 2. The van der Waals surface area contributed by atoms with Gasteiger partial charge in [-0.2, -0.15) is 0 Å². The highest BCUT2D eigenvalue weighted by Gasteiger charge is 2.51. The van der Waals surface area contributed by atoms with E-state index in [1.54, 1.807) is 0 Å². The lowest BCUT2D eigenvalue weighted by Crippen LogP contribution is -2.66. The standard InChI is InChI=1S/C22H31N3O3/c1-17-5-2-3-6-19(17)20(26)23-18-7-11-24(12-8-18)21(27)22(9-4-10-22)25-13-15-28-16-14-25/h2-3,5-6,18H,4,7-16H2,1H3,(H,23,26). The van der Waals surface area contributed by atoms with E-state index in [-0.39, 0.29) is 17.5 Å². The smallest absolute Gasteiger partial charge is 0.251 e. The SMILES string of the molecule is Cc1ccccc1C(=O)NC1CCN(C(=O)C2(N3CCOCC3)CCC2)CC1. The van der Waals surface area contributed by atoms with Gasteiger partial charge in [-0.3, -0.25) is 14.5 Å². The van der Waals surface area contributed by atoms with Gasteiger partial charge >= 0.3 is 0 Å². The minimum Gasteiger partial charge on any atom is -0.379 e. The molecule has 0 spiro atoms. The molecule has 0 unspecified atom stereocenters. The Morgan fingerprint density at radius 1 is 1.07 bits per heavy atom. The minimum atomic E-state index is -0.291. The molecule has 152 valence electrons. The van der Waals surface area contributed by atoms with Crippen LogP contribution in [0.2, 0.25) is 0 Å². The Labute approximate surface area is 167 Å². The number of nitrogens with one attached hydrogen (secondary N) is 1. The molecule has 2 aliphatic heterocycles. The number of nitrogens with zero attached hydrogens (tertiary/aromatic N) is 2. The molecule has 0 radical (unpaired) electrons. The van der Waals surface area contributed by atoms with E-state index >= 15 is 0 Å². The van der Waals surface area contributed by atoms with Crippen molar-refractivity contribution in [2.45, 2.75) is 50.6 Å². The number of aryl methyl sites for hydroxylation is 1. The maximum Gasteiger partial charge on any atom is 0.251 e. The number of morpholine rings is 1. The molecule has 1 aromatic rings. The van der Waals surface area contributed by atoms with Crippen LogP contribution < -0.4 is 5.32 Å². The zero-order valence-electron chi connectivity index (χ0n) is 16.8. The fraction of sp³-hybridized carbons (Fsp3) is 0.636. The van der Waals surface area contributed by atoms with Gasteiger partial charge in [0.05, 0.1) is 13.2 Å². The van der Waals surface area contributed by atoms with Gasteiger partial charge in [-0.1, -0.05) is 18.2 Å². The lowest BCUT2D eigenvalue weighted by atomic mass is 9.73. The Bertz CT molecular complexity index is 717. The van der Waals surface area contributed by atoms with E-state index in [0.29, 0.717) is 5.91 Å². The van der Waals surface area contributed by atoms with E-state index in [9.17, 15) is 9.59 Å². The summed E-state index contributed by atoms with van der Waals surface area (Å²) in [5, 5.41) is 3.16. The van der Waals surface area contributed by atoms with Gasteiger partial charge in [-0.25, -0.2) is 0 Å². The first-order chi connectivity index (χ1) is 13.6. The molecule has 2 amide bonds. The second-order valence-corrected chi connectivity index (χ2v) is 8.34. The monoisotopic (exact) mass is 385 g/mol. The zero-order chi connectivity index (χ0) is 19.6. The number of benzene rings is 1. The quantitative estimate of drug-likeness (QED) is 0.861. The largest absolute Gasteiger partial charge is 0.379 e. The summed E-state index contributed by atoms with van der Waals surface area (Å²) in [6.07, 6.45) is 4.71. The zero-order valence-corrected chi connectivity index (χ0v) is 16.8. The summed E-state index contributed by atoms with van der Waals surface area (Å²) in [6.45, 7) is 6.57. The first-order valence-electron chi connectivity index (χ1n) is 10.6. The van der Waals surface area contributed by atoms with Gasteiger partial charge in [0.15, 0.2) is 0 Å². The molecule has 6 nitrogen and oxygen atoms in total. The van der Waals surface area contributed by atoms with Crippen molar-refractivity contribution in [1.82, 2.24) is 15.1 Å². The molecule has 28 heavy (non-hydrogen) atoms. The fourth-order valence-corrected chi connectivity index (χ4v) is 4.78. The van der Waals surface area contributed by atoms with Crippen molar-refractivity contribution >= 4 is 11.8 Å². The van der Waals surface area contributed by atoms with Crippen molar-refractivity contribution < 1.29 is 14.3 Å². The summed E-state index contributed by atoms with van der Waals surface area (Å²) < 4.78 is 5.48. The Kier molecular flexibility index (Phi) is 5.69. The second kappa shape index (κ2) is 8.21. The van der Waals surface area contributed by atoms with Crippen LogP contribution in [0.3, 0.4) is 0 Å². The Balaban J connectivity index is 1.33. The summed E-state index contributed by atoms with van der Waals surface area (Å²) >= 11 is 0. The molecule has 1 N–H and O–H groups in total. The van der Waals surface area contributed by atoms with E-state index in [1.807, 2.05) is 36.1 Å². The maximum absolute atomic E-state index is 13.4. The van der Waals surface area contributed by atoms with Crippen molar-refractivity contribution in [1.29, 1.82) is 0 Å². The van der Waals surface area contributed by atoms with Crippen LogP contribution in [0, 0.1) is 6.92 Å². The van der Waals surface area contributed by atoms with Crippen LogP contribution in [0.25, 0.3) is 0 Å². The van der Waals surface area contributed by atoms with Gasteiger partial charge in [0, 0.05) is 37.8 Å². The number of hydrogen-bond donors (Lipinski definition) is 1. The van der Waals surface area contributed by atoms with Crippen LogP contribution in [0.4, 0.5) is 0 Å². The number of ether oxygens (including phenoxy) is 1. The van der Waals surface area contributed by atoms with Crippen LogP contribution >= 0.6 is 0 Å². The molecular weight excluding hydrogens is 354 g/mol. The van der Waals surface area contributed by atoms with Crippen molar-refractivity contribution in [3.8, 4) is 0 Å². The van der Waals surface area contributed by atoms with Gasteiger partial charge in [-0.15, -0.1) is 0 Å². The van der Waals surface area contributed by atoms with Crippen LogP contribution in [0.1, 0.15) is 48.0 Å². The minimum absolute atomic E-state index is 0.00773. The Morgan fingerprint density at radius 3 is 2.36 bits per heavy atom. The highest BCUT2D eigenvalue weighted by atomic mass is 16.5. The molecule has 0 bridgehead atoms. The highest BCUT2D eigenvalue weighted by molar-refractivity contribution is 5.95. The molecule has 0 aromatic heterocycles. The lowest BCUT2D eigenvalue weighted by Gasteiger charge is -2.52. The van der Waals surface area contributed by atoms with Gasteiger partial charge in [-0.05, 0) is 50.7 Å². The molecule has 6 heteroatoms. The highest BCUT2D eigenvalue weighted by Crippen LogP contribution is 2.40. The fourth-order valence-electron chi connectivity index (χ4n) is 4.78. The number of rotatable bonds is 4. The maximum atomic E-state index is 13.4. The first kappa shape index (κ1) is 19.4. The summed E-state index contributed by atoms with van der Waals surface area (Å²) in [4.78, 5) is 30.3. The molecule has 0 atom stereocenters. The number of carbonyl (C=O) groups excluding carboxylic acids is 2. The van der Waals surface area contributed by atoms with Gasteiger partial charge in [0.1, 0.15) is 5.54 Å². The molecule has 1 saturated carbocycles. The molecule has 1 aromatic carbocycles. The van der Waals surface area contributed by atoms with E-state index in [2.05, 4.69) is 10.2 Å². The predicted molar refractivity (Wildman–Crippen MR) is 107 cm³/mol. The molecule has 4 rings (SSSR count). The third kappa shape index (κ3) is 3.67. The van der Waals surface area contributed by atoms with Crippen molar-refractivity contribution in [3.63, 3.8) is 0 Å². The molecule has 3 fully saturated rings. The average Bonchev–Trinajstić information content (AvgIpc) is 2.69. The van der Waals surface area contributed by atoms with Crippen molar-refractivity contribution in [2.75, 3.05) is 39.4 Å². The predicted octanol–water partition coefficient (Wildman–Crippen LogP) is 1.97. The third-order valence-electron chi connectivity index (χ3n) is 6.70. The normalized spacial score (nSPS) is 23.1. The Morgan fingerprint density at radius 2 is 1.75 bits per heavy atom. The Hall–Kier alpha value is -1.92. The topological polar surface area (TPSA) is 61.9 Å². The van der Waals surface area contributed by atoms with Crippen LogP contribution in [-0.2, 0) is 9.53 Å². The molecule has 2 heterocycles. The van der Waals surface area contributed by atoms with Crippen LogP contribution in [-0.4, -0.2) is 72.6 Å². The molecule has 2 saturated heterocycles. The van der Waals surface area contributed by atoms with Crippen LogP contribution in [0.5, 0.6) is 0 Å². The van der Waals surface area contributed by atoms with Gasteiger partial charge in [0.2, 0.25) is 5.91 Å². The second-order valence-electron chi connectivity index (χ2n) is 8.34. The van der Waals surface area contributed by atoms with Gasteiger partial charge in [0.25, 0.3) is 5.91 Å². The molecule has 1 aliphatic carbocycles. The number of carbonyl (C=O) groups is 2. The first-order valence-corrected chi connectivity index (χ1v) is 10.6. The summed E-state index contributed by atoms with van der Waals surface area (Å²) in [5.41, 5.74) is 1.44. The van der Waals surface area contributed by atoms with Crippen molar-refractivity contribution in [3.05, 3.63) is 35.4 Å². The molecular formula is C22H31N3O3. The summed E-state index contributed by atoms with van der Waals surface area (Å²) in [5.74, 6) is 0.288. The van der Waals surface area contributed by atoms with E-state index < -0.39 is 0 Å². The third-order valence-corrected chi connectivity index (χ3v) is 6.70. The van der Waals surface area contributed by atoms with Crippen LogP contribution in [0.15, 0.2) is 24.3 Å². The van der Waals surface area contributed by atoms with E-state index in [1.165, 1.54) is 0 Å². The summed E-state index contributed by atoms with van der Waals surface area (Å²) in [6, 6.07) is 7.80.